The summed E-state index contributed by atoms with van der Waals surface area (Å²) < 4.78 is 44.3. The first-order valence-corrected chi connectivity index (χ1v) is 8.22. The largest absolute Gasteiger partial charge is 0.466 e. The van der Waals surface area contributed by atoms with Gasteiger partial charge in [0.1, 0.15) is 22.6 Å². The number of pyridine rings is 1. The van der Waals surface area contributed by atoms with Gasteiger partial charge in [-0.25, -0.2) is 4.98 Å². The summed E-state index contributed by atoms with van der Waals surface area (Å²) in [5.74, 6) is 0.571. The first kappa shape index (κ1) is 17.8. The molecule has 5 nitrogen and oxygen atoms in total. The van der Waals surface area contributed by atoms with Gasteiger partial charge in [0.2, 0.25) is 0 Å². The highest BCUT2D eigenvalue weighted by atomic mass is 35.5. The molecule has 2 fully saturated rings. The average molecular weight is 374 g/mol. The van der Waals surface area contributed by atoms with Crippen LogP contribution in [0, 0.1) is 29.1 Å². The fourth-order valence-corrected chi connectivity index (χ4v) is 3.78. The second-order valence-corrected chi connectivity index (χ2v) is 6.57. The van der Waals surface area contributed by atoms with Gasteiger partial charge in [-0.1, -0.05) is 11.6 Å². The Morgan fingerprint density at radius 2 is 2.12 bits per heavy atom. The summed E-state index contributed by atoms with van der Waals surface area (Å²) in [7, 11) is 0. The summed E-state index contributed by atoms with van der Waals surface area (Å²) >= 11 is 5.78. The van der Waals surface area contributed by atoms with E-state index in [1.54, 1.807) is 11.8 Å². The fourth-order valence-electron chi connectivity index (χ4n) is 3.54. The van der Waals surface area contributed by atoms with E-state index in [1.807, 2.05) is 0 Å². The van der Waals surface area contributed by atoms with Crippen LogP contribution in [0.5, 0.6) is 0 Å². The van der Waals surface area contributed by atoms with Crippen molar-refractivity contribution in [2.75, 3.05) is 24.6 Å². The van der Waals surface area contributed by atoms with Crippen molar-refractivity contribution in [3.05, 3.63) is 22.3 Å². The zero-order valence-corrected chi connectivity index (χ0v) is 14.1. The standard InChI is InChI=1S/C16H15ClF3N3O2/c1-2-25-14(24)3-8-10-6-23(7-11(8)10)13-4-12(16(18,19)20)9(5-21)15(17)22-13/h4,8,10-11H,2-3,6-7H2,1H3/t8?,10-,11+. The van der Waals surface area contributed by atoms with Crippen LogP contribution in [0.25, 0.3) is 0 Å². The summed E-state index contributed by atoms with van der Waals surface area (Å²) in [4.78, 5) is 17.2. The molecule has 0 amide bonds. The average Bonchev–Trinajstić information content (AvgIpc) is 2.96. The molecule has 1 aromatic heterocycles. The SMILES string of the molecule is CCOC(=O)CC1[C@H]2CN(c3cc(C(F)(F)F)c(C#N)c(Cl)n3)C[C@@H]12. The molecule has 1 aromatic rings. The molecule has 0 spiro atoms. The van der Waals surface area contributed by atoms with Crippen molar-refractivity contribution in [3.8, 4) is 6.07 Å². The van der Waals surface area contributed by atoms with Crippen molar-refractivity contribution in [1.29, 1.82) is 5.26 Å². The molecule has 1 aliphatic carbocycles. The summed E-state index contributed by atoms with van der Waals surface area (Å²) in [6.45, 7) is 3.11. The minimum absolute atomic E-state index is 0.110. The Hall–Kier alpha value is -2.01. The number of carbonyl (C=O) groups is 1. The highest BCUT2D eigenvalue weighted by molar-refractivity contribution is 6.30. The van der Waals surface area contributed by atoms with E-state index >= 15 is 0 Å². The Morgan fingerprint density at radius 3 is 2.64 bits per heavy atom. The molecule has 1 aliphatic heterocycles. The molecule has 3 rings (SSSR count). The molecule has 3 atom stereocenters. The van der Waals surface area contributed by atoms with E-state index in [4.69, 9.17) is 21.6 Å². The molecule has 2 aliphatic rings. The van der Waals surface area contributed by atoms with Gasteiger partial charge in [-0.2, -0.15) is 18.4 Å². The van der Waals surface area contributed by atoms with Crippen molar-refractivity contribution in [1.82, 2.24) is 4.98 Å². The number of hydrogen-bond acceptors (Lipinski definition) is 5. The third kappa shape index (κ3) is 3.38. The number of piperidine rings is 1. The summed E-state index contributed by atoms with van der Waals surface area (Å²) in [6, 6.07) is 2.33. The van der Waals surface area contributed by atoms with Crippen LogP contribution in [0.1, 0.15) is 24.5 Å². The topological polar surface area (TPSA) is 66.2 Å². The summed E-state index contributed by atoms with van der Waals surface area (Å²) in [5.41, 5.74) is -1.74. The Balaban J connectivity index is 1.73. The highest BCUT2D eigenvalue weighted by Gasteiger charge is 2.56. The molecule has 134 valence electrons. The lowest BCUT2D eigenvalue weighted by Gasteiger charge is -2.22. The van der Waals surface area contributed by atoms with Crippen LogP contribution in [0.4, 0.5) is 19.0 Å². The Labute approximate surface area is 147 Å². The number of hydrogen-bond donors (Lipinski definition) is 0. The first-order chi connectivity index (χ1) is 11.8. The number of halogens is 4. The van der Waals surface area contributed by atoms with Crippen LogP contribution >= 0.6 is 11.6 Å². The monoisotopic (exact) mass is 373 g/mol. The van der Waals surface area contributed by atoms with Crippen molar-refractivity contribution in [2.45, 2.75) is 19.5 Å². The van der Waals surface area contributed by atoms with Crippen molar-refractivity contribution >= 4 is 23.4 Å². The minimum Gasteiger partial charge on any atom is -0.466 e. The molecular formula is C16H15ClF3N3O2. The molecule has 0 aromatic carbocycles. The van der Waals surface area contributed by atoms with E-state index in [0.717, 1.165) is 6.07 Å². The van der Waals surface area contributed by atoms with Gasteiger partial charge < -0.3 is 9.64 Å². The van der Waals surface area contributed by atoms with E-state index in [0.29, 0.717) is 26.1 Å². The fraction of sp³-hybridized carbons (Fsp3) is 0.562. The predicted octanol–water partition coefficient (Wildman–Crippen LogP) is 3.26. The Bertz CT molecular complexity index is 735. The number of esters is 1. The molecule has 9 heteroatoms. The number of aromatic nitrogens is 1. The number of fused-ring (bicyclic) bond motifs is 1. The number of nitriles is 1. The van der Waals surface area contributed by atoms with E-state index < -0.39 is 22.5 Å². The lowest BCUT2D eigenvalue weighted by molar-refractivity contribution is -0.143. The van der Waals surface area contributed by atoms with Gasteiger partial charge >= 0.3 is 12.1 Å². The second-order valence-electron chi connectivity index (χ2n) is 6.21. The Morgan fingerprint density at radius 1 is 1.48 bits per heavy atom. The molecule has 0 radical (unpaired) electrons. The molecule has 1 saturated heterocycles. The summed E-state index contributed by atoms with van der Waals surface area (Å²) in [6.07, 6.45) is -4.34. The maximum Gasteiger partial charge on any atom is 0.417 e. The number of carbonyl (C=O) groups excluding carboxylic acids is 1. The maximum atomic E-state index is 13.1. The molecule has 1 saturated carbocycles. The van der Waals surface area contributed by atoms with Gasteiger partial charge in [0.25, 0.3) is 0 Å². The number of anilines is 1. The van der Waals surface area contributed by atoms with Gasteiger partial charge in [0.15, 0.2) is 0 Å². The van der Waals surface area contributed by atoms with Crippen LogP contribution in [-0.2, 0) is 15.7 Å². The lowest BCUT2D eigenvalue weighted by Crippen LogP contribution is -2.26. The highest BCUT2D eigenvalue weighted by Crippen LogP contribution is 2.54. The third-order valence-electron chi connectivity index (χ3n) is 4.78. The predicted molar refractivity (Wildman–Crippen MR) is 82.9 cm³/mol. The number of ether oxygens (including phenoxy) is 1. The molecule has 2 heterocycles. The van der Waals surface area contributed by atoms with Gasteiger partial charge in [-0.05, 0) is 30.7 Å². The second kappa shape index (κ2) is 6.37. The van der Waals surface area contributed by atoms with Gasteiger partial charge in [0.05, 0.1) is 12.2 Å². The molecule has 0 N–H and O–H groups in total. The molecule has 25 heavy (non-hydrogen) atoms. The quantitative estimate of drug-likeness (QED) is 0.598. The van der Waals surface area contributed by atoms with Gasteiger partial charge in [-0.3, -0.25) is 4.79 Å². The van der Waals surface area contributed by atoms with E-state index in [9.17, 15) is 18.0 Å². The minimum atomic E-state index is -4.68. The van der Waals surface area contributed by atoms with Crippen LogP contribution in [0.2, 0.25) is 5.15 Å². The Kier molecular flexibility index (Phi) is 4.54. The van der Waals surface area contributed by atoms with Crippen molar-refractivity contribution in [2.24, 2.45) is 17.8 Å². The molecular weight excluding hydrogens is 359 g/mol. The maximum absolute atomic E-state index is 13.1. The molecule has 1 unspecified atom stereocenters. The lowest BCUT2D eigenvalue weighted by atomic mass is 10.1. The number of alkyl halides is 3. The summed E-state index contributed by atoms with van der Waals surface area (Å²) in [5, 5.41) is 8.45. The zero-order chi connectivity index (χ0) is 18.4. The van der Waals surface area contributed by atoms with Crippen LogP contribution < -0.4 is 4.90 Å². The number of rotatable bonds is 4. The number of nitrogens with zero attached hydrogens (tertiary/aromatic N) is 3. The van der Waals surface area contributed by atoms with Crippen LogP contribution in [-0.4, -0.2) is 30.6 Å². The zero-order valence-electron chi connectivity index (χ0n) is 13.3. The van der Waals surface area contributed by atoms with E-state index in [2.05, 4.69) is 4.98 Å². The van der Waals surface area contributed by atoms with E-state index in [1.165, 1.54) is 6.07 Å². The normalized spacial score (nSPS) is 24.6. The smallest absolute Gasteiger partial charge is 0.417 e. The van der Waals surface area contributed by atoms with E-state index in [-0.39, 0.29) is 29.5 Å². The van der Waals surface area contributed by atoms with Gasteiger partial charge in [-0.15, -0.1) is 0 Å². The molecule has 0 bridgehead atoms. The first-order valence-electron chi connectivity index (χ1n) is 7.84. The van der Waals surface area contributed by atoms with Crippen molar-refractivity contribution < 1.29 is 22.7 Å². The van der Waals surface area contributed by atoms with Gasteiger partial charge in [0, 0.05) is 19.5 Å². The third-order valence-corrected chi connectivity index (χ3v) is 5.06. The van der Waals surface area contributed by atoms with Crippen LogP contribution in [0.15, 0.2) is 6.07 Å². The van der Waals surface area contributed by atoms with Crippen molar-refractivity contribution in [3.63, 3.8) is 0 Å². The van der Waals surface area contributed by atoms with Crippen LogP contribution in [0.3, 0.4) is 0 Å².